The average Bonchev–Trinajstić information content (AvgIpc) is 3.10. The van der Waals surface area contributed by atoms with Crippen molar-refractivity contribution in [2.75, 3.05) is 0 Å². The van der Waals surface area contributed by atoms with Crippen LogP contribution in [-0.2, 0) is 9.47 Å². The molecule has 2 aliphatic heterocycles. The number of fused-ring (bicyclic) bond motifs is 2. The molecule has 0 amide bonds. The third-order valence-corrected chi connectivity index (χ3v) is 6.56. The fourth-order valence-corrected chi connectivity index (χ4v) is 5.39. The second-order valence-electron chi connectivity index (χ2n) is 5.65. The van der Waals surface area contributed by atoms with Crippen molar-refractivity contribution in [2.45, 2.75) is 9.79 Å². The van der Waals surface area contributed by atoms with E-state index in [9.17, 15) is 19.2 Å². The highest BCUT2D eigenvalue weighted by Gasteiger charge is 2.31. The summed E-state index contributed by atoms with van der Waals surface area (Å²) >= 11 is 2.94. The molecule has 0 saturated heterocycles. The smallest absolute Gasteiger partial charge is 0.346 e. The van der Waals surface area contributed by atoms with Crippen molar-refractivity contribution in [1.82, 2.24) is 0 Å². The zero-order valence-corrected chi connectivity index (χ0v) is 16.6. The summed E-state index contributed by atoms with van der Waals surface area (Å²) in [5, 5.41) is 16.1. The molecular weight excluding hydrogens is 436 g/mol. The van der Waals surface area contributed by atoms with Gasteiger partial charge in [-0.1, -0.05) is 23.5 Å². The van der Waals surface area contributed by atoms with Gasteiger partial charge in [-0.2, -0.15) is 0 Å². The Morgan fingerprint density at radius 3 is 1.41 bits per heavy atom. The van der Waals surface area contributed by atoms with E-state index in [-0.39, 0.29) is 31.0 Å². The summed E-state index contributed by atoms with van der Waals surface area (Å²) in [5.74, 6) is -2.82. The predicted octanol–water partition coefficient (Wildman–Crippen LogP) is 3.79. The van der Waals surface area contributed by atoms with Gasteiger partial charge in [0.1, 0.15) is 8.75 Å². The monoisotopic (exact) mass is 444 g/mol. The number of carbonyl (C=O) groups is 4. The van der Waals surface area contributed by atoms with Gasteiger partial charge in [0.25, 0.3) is 0 Å². The molecule has 0 saturated carbocycles. The van der Waals surface area contributed by atoms with Gasteiger partial charge in [-0.15, -0.1) is 0 Å². The van der Waals surface area contributed by atoms with E-state index >= 15 is 0 Å². The maximum atomic E-state index is 11.6. The Morgan fingerprint density at radius 2 is 1.00 bits per heavy atom. The van der Waals surface area contributed by atoms with E-state index < -0.39 is 23.9 Å². The first-order valence-electron chi connectivity index (χ1n) is 7.83. The molecule has 0 aromatic heterocycles. The van der Waals surface area contributed by atoms with Crippen molar-refractivity contribution in [3.8, 4) is 0 Å². The number of nitrogens with one attached hydrogen (secondary N) is 2. The molecule has 2 aromatic carbocycles. The third kappa shape index (κ3) is 3.84. The van der Waals surface area contributed by atoms with Crippen LogP contribution in [-0.4, -0.2) is 32.6 Å². The minimum Gasteiger partial charge on any atom is -0.386 e. The molecule has 0 atom stereocenters. The lowest BCUT2D eigenvalue weighted by Crippen LogP contribution is -1.97. The van der Waals surface area contributed by atoms with Gasteiger partial charge in [0.2, 0.25) is 0 Å². The van der Waals surface area contributed by atoms with Gasteiger partial charge >= 0.3 is 23.9 Å². The van der Waals surface area contributed by atoms with E-state index in [2.05, 4.69) is 9.47 Å². The summed E-state index contributed by atoms with van der Waals surface area (Å²) in [5.41, 5.74) is 0.689. The summed E-state index contributed by atoms with van der Waals surface area (Å²) < 4.78 is 9.22. The molecule has 4 rings (SSSR count). The molecular formula is C18H8N2O6S3. The number of hydrogen-bond donors (Lipinski definition) is 2. The van der Waals surface area contributed by atoms with Gasteiger partial charge in [-0.05, 0) is 48.2 Å². The van der Waals surface area contributed by atoms with E-state index in [1.807, 2.05) is 0 Å². The molecule has 2 aliphatic rings. The molecule has 29 heavy (non-hydrogen) atoms. The zero-order valence-electron chi connectivity index (χ0n) is 14.1. The van der Waals surface area contributed by atoms with Crippen LogP contribution in [0.15, 0.2) is 46.2 Å². The maximum Gasteiger partial charge on any atom is 0.346 e. The Labute approximate surface area is 175 Å². The summed E-state index contributed by atoms with van der Waals surface area (Å²) in [6.07, 6.45) is 0. The van der Waals surface area contributed by atoms with Crippen molar-refractivity contribution in [3.63, 3.8) is 0 Å². The maximum absolute atomic E-state index is 11.6. The molecule has 8 nitrogen and oxygen atoms in total. The third-order valence-electron chi connectivity index (χ3n) is 3.84. The molecule has 2 heterocycles. The molecule has 0 bridgehead atoms. The summed E-state index contributed by atoms with van der Waals surface area (Å²) in [6.45, 7) is 0. The lowest BCUT2D eigenvalue weighted by atomic mass is 10.1. The highest BCUT2D eigenvalue weighted by atomic mass is 32.2. The summed E-state index contributed by atoms with van der Waals surface area (Å²) in [4.78, 5) is 47.3. The van der Waals surface area contributed by atoms with Gasteiger partial charge in [-0.25, -0.2) is 19.2 Å². The van der Waals surface area contributed by atoms with E-state index in [0.717, 1.165) is 35.3 Å². The van der Waals surface area contributed by atoms with Crippen LogP contribution in [0.5, 0.6) is 0 Å². The molecule has 0 spiro atoms. The number of hydrogen-bond acceptors (Lipinski definition) is 11. The zero-order chi connectivity index (χ0) is 20.7. The van der Waals surface area contributed by atoms with Gasteiger partial charge < -0.3 is 9.47 Å². The molecule has 144 valence electrons. The molecule has 0 aliphatic carbocycles. The lowest BCUT2D eigenvalue weighted by molar-refractivity contribution is 0.0425. The predicted molar refractivity (Wildman–Crippen MR) is 107 cm³/mol. The first-order valence-corrected chi connectivity index (χ1v) is 10.3. The highest BCUT2D eigenvalue weighted by molar-refractivity contribution is 8.53. The quantitative estimate of drug-likeness (QED) is 0.233. The first-order chi connectivity index (χ1) is 13.8. The highest BCUT2D eigenvalue weighted by Crippen LogP contribution is 2.34. The number of thioether (sulfide) groups is 3. The number of rotatable bonds is 2. The fraction of sp³-hybridized carbons (Fsp3) is 0. The van der Waals surface area contributed by atoms with Gasteiger partial charge in [-0.3, -0.25) is 10.8 Å². The van der Waals surface area contributed by atoms with Crippen LogP contribution in [0.4, 0.5) is 0 Å². The van der Waals surface area contributed by atoms with Crippen LogP contribution in [0.3, 0.4) is 0 Å². The number of benzene rings is 2. The van der Waals surface area contributed by atoms with E-state index in [1.165, 1.54) is 24.3 Å². The van der Waals surface area contributed by atoms with Crippen LogP contribution >= 0.6 is 35.3 Å². The standard InChI is InChI=1S/C18H8N2O6S3/c19-17(27-7-1-3-9-11(5-7)15(23)25-13(9)21)29-18(20)28-8-2-4-10-12(6-8)16(24)26-14(10)22/h1-6,19-20H. The Bertz CT molecular complexity index is 1070. The minimum absolute atomic E-state index is 0.0795. The normalized spacial score (nSPS) is 14.3. The minimum atomic E-state index is -0.719. The molecule has 2 N–H and O–H groups in total. The second kappa shape index (κ2) is 7.50. The Morgan fingerprint density at radius 1 is 0.621 bits per heavy atom. The second-order valence-corrected chi connectivity index (χ2v) is 9.35. The molecule has 0 unspecified atom stereocenters. The van der Waals surface area contributed by atoms with Crippen molar-refractivity contribution >= 4 is 67.9 Å². The van der Waals surface area contributed by atoms with Crippen molar-refractivity contribution in [1.29, 1.82) is 10.8 Å². The van der Waals surface area contributed by atoms with E-state index in [1.54, 1.807) is 12.1 Å². The number of cyclic esters (lactones) is 4. The summed E-state index contributed by atoms with van der Waals surface area (Å²) in [6, 6.07) is 9.07. The molecule has 0 radical (unpaired) electrons. The number of esters is 4. The van der Waals surface area contributed by atoms with Gasteiger partial charge in [0.05, 0.1) is 22.3 Å². The van der Waals surface area contributed by atoms with Crippen molar-refractivity contribution < 1.29 is 28.7 Å². The topological polar surface area (TPSA) is 134 Å². The van der Waals surface area contributed by atoms with Crippen LogP contribution in [0.25, 0.3) is 0 Å². The van der Waals surface area contributed by atoms with Gasteiger partial charge in [0.15, 0.2) is 0 Å². The molecule has 0 fully saturated rings. The van der Waals surface area contributed by atoms with E-state index in [4.69, 9.17) is 10.8 Å². The SMILES string of the molecule is N=C(SC(=N)Sc1ccc2c(c1)C(=O)OC2=O)Sc1ccc2c(c1)C(=O)OC2=O. The van der Waals surface area contributed by atoms with Crippen LogP contribution in [0.1, 0.15) is 41.4 Å². The molecule has 2 aromatic rings. The largest absolute Gasteiger partial charge is 0.386 e. The average molecular weight is 444 g/mol. The van der Waals surface area contributed by atoms with Crippen molar-refractivity contribution in [2.24, 2.45) is 0 Å². The van der Waals surface area contributed by atoms with Crippen LogP contribution < -0.4 is 0 Å². The number of ether oxygens (including phenoxy) is 2. The van der Waals surface area contributed by atoms with Crippen LogP contribution in [0.2, 0.25) is 0 Å². The Balaban J connectivity index is 1.39. The fourth-order valence-electron chi connectivity index (χ4n) is 2.60. The molecule has 11 heteroatoms. The number of carbonyl (C=O) groups excluding carboxylic acids is 4. The first kappa shape index (κ1) is 19.4. The van der Waals surface area contributed by atoms with Crippen molar-refractivity contribution in [3.05, 3.63) is 58.7 Å². The van der Waals surface area contributed by atoms with Crippen LogP contribution in [0, 0.1) is 10.8 Å². The van der Waals surface area contributed by atoms with Gasteiger partial charge in [0, 0.05) is 9.79 Å². The Kier molecular flexibility index (Phi) is 5.03. The summed E-state index contributed by atoms with van der Waals surface area (Å²) in [7, 11) is 0. The Hall–Kier alpha value is -2.89. The van der Waals surface area contributed by atoms with E-state index in [0.29, 0.717) is 9.79 Å². The lowest BCUT2D eigenvalue weighted by Gasteiger charge is -2.06.